The van der Waals surface area contributed by atoms with E-state index in [2.05, 4.69) is 21.2 Å². The van der Waals surface area contributed by atoms with Crippen LogP contribution < -0.4 is 10.1 Å². The molecule has 0 atom stereocenters. The molecule has 8 heteroatoms. The first kappa shape index (κ1) is 18.9. The van der Waals surface area contributed by atoms with Gasteiger partial charge in [0.15, 0.2) is 0 Å². The Morgan fingerprint density at radius 2 is 2.00 bits per heavy atom. The Labute approximate surface area is 153 Å². The molecule has 25 heavy (non-hydrogen) atoms. The zero-order valence-corrected chi connectivity index (χ0v) is 15.3. The molecule has 0 fully saturated rings. The van der Waals surface area contributed by atoms with Crippen molar-refractivity contribution in [3.8, 4) is 5.75 Å². The zero-order chi connectivity index (χ0) is 18.4. The Bertz CT molecular complexity index is 795. The van der Waals surface area contributed by atoms with Gasteiger partial charge in [0.05, 0.1) is 17.1 Å². The number of amides is 1. The van der Waals surface area contributed by atoms with Crippen molar-refractivity contribution in [3.63, 3.8) is 0 Å². The Morgan fingerprint density at radius 1 is 1.24 bits per heavy atom. The number of benzene rings is 2. The van der Waals surface area contributed by atoms with Gasteiger partial charge in [-0.2, -0.15) is 0 Å². The molecule has 2 rings (SSSR count). The van der Waals surface area contributed by atoms with Crippen LogP contribution in [0.3, 0.4) is 0 Å². The number of rotatable bonds is 7. The van der Waals surface area contributed by atoms with E-state index in [0.717, 1.165) is 4.47 Å². The summed E-state index contributed by atoms with van der Waals surface area (Å²) < 4.78 is 11.2. The summed E-state index contributed by atoms with van der Waals surface area (Å²) in [5, 5.41) is 13.6. The maximum atomic E-state index is 12.6. The number of aryl methyl sites for hydroxylation is 1. The first-order chi connectivity index (χ1) is 11.9. The lowest BCUT2D eigenvalue weighted by molar-refractivity contribution is -0.384. The second-order valence-electron chi connectivity index (χ2n) is 5.19. The van der Waals surface area contributed by atoms with E-state index in [1.807, 2.05) is 0 Å². The number of anilines is 1. The Balaban J connectivity index is 2.23. The number of carbonyl (C=O) groups excluding carboxylic acids is 1. The number of nitro groups is 1. The van der Waals surface area contributed by atoms with Crippen LogP contribution in [-0.4, -0.2) is 31.2 Å². The third kappa shape index (κ3) is 5.01. The molecule has 0 unspecified atom stereocenters. The number of hydrogen-bond acceptors (Lipinski definition) is 5. The molecular formula is C17H17BrN2O5. The van der Waals surface area contributed by atoms with Gasteiger partial charge in [-0.3, -0.25) is 14.9 Å². The van der Waals surface area contributed by atoms with Crippen LogP contribution >= 0.6 is 15.9 Å². The molecule has 0 aromatic heterocycles. The molecule has 0 saturated carbocycles. The lowest BCUT2D eigenvalue weighted by Gasteiger charge is -2.13. The van der Waals surface area contributed by atoms with Gasteiger partial charge in [0.1, 0.15) is 12.4 Å². The molecule has 0 aliphatic carbocycles. The number of halogens is 1. The number of methoxy groups -OCH3 is 1. The SMILES string of the molecule is COCCOc1ccc(Br)cc1C(=O)Nc1ccc([N+](=O)[O-])cc1C. The predicted molar refractivity (Wildman–Crippen MR) is 97.3 cm³/mol. The van der Waals surface area contributed by atoms with Gasteiger partial charge in [0.25, 0.3) is 11.6 Å². The van der Waals surface area contributed by atoms with E-state index >= 15 is 0 Å². The van der Waals surface area contributed by atoms with E-state index in [-0.39, 0.29) is 11.6 Å². The summed E-state index contributed by atoms with van der Waals surface area (Å²) in [6, 6.07) is 9.38. The standard InChI is InChI=1S/C17H17BrN2O5/c1-11-9-13(20(22)23)4-5-15(11)19-17(21)14-10-12(18)3-6-16(14)25-8-7-24-2/h3-6,9-10H,7-8H2,1-2H3,(H,19,21). The van der Waals surface area contributed by atoms with Crippen molar-refractivity contribution in [2.24, 2.45) is 0 Å². The van der Waals surface area contributed by atoms with Crippen molar-refractivity contribution >= 4 is 33.2 Å². The van der Waals surface area contributed by atoms with Crippen LogP contribution in [0.5, 0.6) is 5.75 Å². The van der Waals surface area contributed by atoms with Crippen LogP contribution in [0.25, 0.3) is 0 Å². The average Bonchev–Trinajstić information content (AvgIpc) is 2.57. The van der Waals surface area contributed by atoms with Crippen LogP contribution in [0.4, 0.5) is 11.4 Å². The van der Waals surface area contributed by atoms with Crippen molar-refractivity contribution in [1.82, 2.24) is 0 Å². The topological polar surface area (TPSA) is 90.7 Å². The lowest BCUT2D eigenvalue weighted by Crippen LogP contribution is -2.15. The molecule has 2 aromatic rings. The third-order valence-electron chi connectivity index (χ3n) is 3.40. The number of carbonyl (C=O) groups is 1. The monoisotopic (exact) mass is 408 g/mol. The summed E-state index contributed by atoms with van der Waals surface area (Å²) in [6.07, 6.45) is 0. The first-order valence-electron chi connectivity index (χ1n) is 7.40. The number of nitrogens with zero attached hydrogens (tertiary/aromatic N) is 1. The molecule has 0 aliphatic heterocycles. The van der Waals surface area contributed by atoms with Gasteiger partial charge in [0.2, 0.25) is 0 Å². The van der Waals surface area contributed by atoms with Crippen molar-refractivity contribution in [1.29, 1.82) is 0 Å². The maximum Gasteiger partial charge on any atom is 0.269 e. The lowest BCUT2D eigenvalue weighted by atomic mass is 10.1. The first-order valence-corrected chi connectivity index (χ1v) is 8.19. The second-order valence-corrected chi connectivity index (χ2v) is 6.11. The fourth-order valence-corrected chi connectivity index (χ4v) is 2.49. The number of hydrogen-bond donors (Lipinski definition) is 1. The summed E-state index contributed by atoms with van der Waals surface area (Å²) in [5.41, 5.74) is 1.42. The number of ether oxygens (including phenoxy) is 2. The summed E-state index contributed by atoms with van der Waals surface area (Å²) in [4.78, 5) is 22.9. The van der Waals surface area contributed by atoms with E-state index in [1.54, 1.807) is 32.2 Å². The molecule has 0 radical (unpaired) electrons. The van der Waals surface area contributed by atoms with Gasteiger partial charge in [-0.1, -0.05) is 15.9 Å². The average molecular weight is 409 g/mol. The van der Waals surface area contributed by atoms with Crippen LogP contribution in [0, 0.1) is 17.0 Å². The van der Waals surface area contributed by atoms with Crippen LogP contribution in [0.2, 0.25) is 0 Å². The molecule has 0 aliphatic rings. The minimum absolute atomic E-state index is 0.0263. The highest BCUT2D eigenvalue weighted by Gasteiger charge is 2.16. The fourth-order valence-electron chi connectivity index (χ4n) is 2.13. The molecule has 0 spiro atoms. The fraction of sp³-hybridized carbons (Fsp3) is 0.235. The third-order valence-corrected chi connectivity index (χ3v) is 3.89. The molecule has 132 valence electrons. The summed E-state index contributed by atoms with van der Waals surface area (Å²) >= 11 is 3.34. The van der Waals surface area contributed by atoms with E-state index in [4.69, 9.17) is 9.47 Å². The minimum atomic E-state index is -0.478. The maximum absolute atomic E-state index is 12.6. The van der Waals surface area contributed by atoms with Gasteiger partial charge in [-0.25, -0.2) is 0 Å². The highest BCUT2D eigenvalue weighted by atomic mass is 79.9. The van der Waals surface area contributed by atoms with Crippen LogP contribution in [0.1, 0.15) is 15.9 Å². The van der Waals surface area contributed by atoms with Gasteiger partial charge in [0, 0.05) is 29.4 Å². The summed E-state index contributed by atoms with van der Waals surface area (Å²) in [7, 11) is 1.57. The predicted octanol–water partition coefficient (Wildman–Crippen LogP) is 3.94. The van der Waals surface area contributed by atoms with E-state index in [1.165, 1.54) is 18.2 Å². The number of nitro benzene ring substituents is 1. The van der Waals surface area contributed by atoms with Gasteiger partial charge in [-0.05, 0) is 36.8 Å². The van der Waals surface area contributed by atoms with Crippen molar-refractivity contribution in [2.75, 3.05) is 25.6 Å². The molecule has 2 aromatic carbocycles. The van der Waals surface area contributed by atoms with Crippen molar-refractivity contribution in [3.05, 3.63) is 62.1 Å². The minimum Gasteiger partial charge on any atom is -0.490 e. The van der Waals surface area contributed by atoms with Crippen LogP contribution in [0.15, 0.2) is 40.9 Å². The molecule has 1 amide bonds. The Kier molecular flexibility index (Phi) is 6.49. The smallest absolute Gasteiger partial charge is 0.269 e. The largest absolute Gasteiger partial charge is 0.490 e. The van der Waals surface area contributed by atoms with Crippen molar-refractivity contribution in [2.45, 2.75) is 6.92 Å². The number of non-ortho nitro benzene ring substituents is 1. The molecule has 0 saturated heterocycles. The molecule has 1 N–H and O–H groups in total. The molecule has 0 heterocycles. The van der Waals surface area contributed by atoms with Crippen molar-refractivity contribution < 1.29 is 19.2 Å². The van der Waals surface area contributed by atoms with E-state index < -0.39 is 4.92 Å². The zero-order valence-electron chi connectivity index (χ0n) is 13.7. The van der Waals surface area contributed by atoms with Gasteiger partial charge in [-0.15, -0.1) is 0 Å². The van der Waals surface area contributed by atoms with E-state index in [0.29, 0.717) is 35.8 Å². The quantitative estimate of drug-likeness (QED) is 0.425. The Hall–Kier alpha value is -2.45. The Morgan fingerprint density at radius 3 is 2.64 bits per heavy atom. The highest BCUT2D eigenvalue weighted by Crippen LogP contribution is 2.26. The van der Waals surface area contributed by atoms with Crippen LogP contribution in [-0.2, 0) is 4.74 Å². The molecule has 7 nitrogen and oxygen atoms in total. The summed E-state index contributed by atoms with van der Waals surface area (Å²) in [6.45, 7) is 2.41. The van der Waals surface area contributed by atoms with Gasteiger partial charge >= 0.3 is 0 Å². The molecular weight excluding hydrogens is 392 g/mol. The van der Waals surface area contributed by atoms with Gasteiger partial charge < -0.3 is 14.8 Å². The van der Waals surface area contributed by atoms with E-state index in [9.17, 15) is 14.9 Å². The normalized spacial score (nSPS) is 10.4. The second kappa shape index (κ2) is 8.59. The highest BCUT2D eigenvalue weighted by molar-refractivity contribution is 9.10. The summed E-state index contributed by atoms with van der Waals surface area (Å²) in [5.74, 6) is 0.0583. The number of nitrogens with one attached hydrogen (secondary N) is 1. The molecule has 0 bridgehead atoms.